The number of likely N-dealkylation sites (N-methyl/N-ethyl adjacent to an activating group) is 1. The Kier molecular flexibility index (Phi) is 3.98. The number of carbonyl (C=O) groups is 1. The van der Waals surface area contributed by atoms with E-state index < -0.39 is 0 Å². The summed E-state index contributed by atoms with van der Waals surface area (Å²) in [4.78, 5) is 20.3. The van der Waals surface area contributed by atoms with E-state index in [2.05, 4.69) is 15.5 Å². The fourth-order valence-corrected chi connectivity index (χ4v) is 2.37. The molecule has 0 atom stereocenters. The SMILES string of the molecule is CN(CC(=O)N1CCNCC1)Cc1noc(C2CC2)n1. The van der Waals surface area contributed by atoms with Crippen molar-refractivity contribution in [2.75, 3.05) is 39.8 Å². The highest BCUT2D eigenvalue weighted by molar-refractivity contribution is 5.78. The van der Waals surface area contributed by atoms with Gasteiger partial charge in [-0.2, -0.15) is 4.98 Å². The smallest absolute Gasteiger partial charge is 0.236 e. The second kappa shape index (κ2) is 5.88. The molecule has 0 radical (unpaired) electrons. The van der Waals surface area contributed by atoms with Gasteiger partial charge in [-0.05, 0) is 19.9 Å². The number of piperazine rings is 1. The first-order valence-electron chi connectivity index (χ1n) is 7.22. The molecule has 2 heterocycles. The van der Waals surface area contributed by atoms with Gasteiger partial charge in [0.2, 0.25) is 11.8 Å². The predicted molar refractivity (Wildman–Crippen MR) is 72.1 cm³/mol. The molecule has 2 aliphatic rings. The summed E-state index contributed by atoms with van der Waals surface area (Å²) in [6, 6.07) is 0. The first kappa shape index (κ1) is 13.5. The second-order valence-corrected chi connectivity index (χ2v) is 5.63. The molecule has 1 aliphatic carbocycles. The van der Waals surface area contributed by atoms with E-state index in [1.54, 1.807) is 0 Å². The van der Waals surface area contributed by atoms with E-state index in [-0.39, 0.29) is 5.91 Å². The molecule has 1 saturated heterocycles. The molecule has 110 valence electrons. The van der Waals surface area contributed by atoms with E-state index in [1.807, 2.05) is 16.8 Å². The van der Waals surface area contributed by atoms with Crippen molar-refractivity contribution in [3.63, 3.8) is 0 Å². The Balaban J connectivity index is 1.47. The number of carbonyl (C=O) groups excluding carboxylic acids is 1. The first-order valence-corrected chi connectivity index (χ1v) is 7.22. The third-order valence-electron chi connectivity index (χ3n) is 3.70. The molecule has 20 heavy (non-hydrogen) atoms. The van der Waals surface area contributed by atoms with Gasteiger partial charge in [0.05, 0.1) is 13.1 Å². The fourth-order valence-electron chi connectivity index (χ4n) is 2.37. The monoisotopic (exact) mass is 279 g/mol. The number of hydrogen-bond donors (Lipinski definition) is 1. The zero-order valence-electron chi connectivity index (χ0n) is 11.8. The topological polar surface area (TPSA) is 74.5 Å². The summed E-state index contributed by atoms with van der Waals surface area (Å²) in [5.74, 6) is 2.06. The van der Waals surface area contributed by atoms with Crippen LogP contribution in [-0.2, 0) is 11.3 Å². The molecule has 1 saturated carbocycles. The highest BCUT2D eigenvalue weighted by Crippen LogP contribution is 2.38. The maximum atomic E-state index is 12.1. The number of hydrogen-bond acceptors (Lipinski definition) is 6. The van der Waals surface area contributed by atoms with Crippen LogP contribution in [0.25, 0.3) is 0 Å². The molecular weight excluding hydrogens is 258 g/mol. The highest BCUT2D eigenvalue weighted by atomic mass is 16.5. The van der Waals surface area contributed by atoms with Crippen LogP contribution in [0, 0.1) is 0 Å². The van der Waals surface area contributed by atoms with Gasteiger partial charge in [-0.15, -0.1) is 0 Å². The quantitative estimate of drug-likeness (QED) is 0.805. The maximum Gasteiger partial charge on any atom is 0.236 e. The van der Waals surface area contributed by atoms with Crippen LogP contribution in [0.3, 0.4) is 0 Å². The maximum absolute atomic E-state index is 12.1. The Morgan fingerprint density at radius 2 is 2.20 bits per heavy atom. The molecule has 0 unspecified atom stereocenters. The van der Waals surface area contributed by atoms with E-state index in [9.17, 15) is 4.79 Å². The standard InChI is InChI=1S/C13H21N5O2/c1-17(9-12(19)18-6-4-14-5-7-18)8-11-15-13(20-16-11)10-2-3-10/h10,14H,2-9H2,1H3. The summed E-state index contributed by atoms with van der Waals surface area (Å²) in [7, 11) is 1.91. The van der Waals surface area contributed by atoms with Gasteiger partial charge in [0.25, 0.3) is 0 Å². The van der Waals surface area contributed by atoms with Crippen LogP contribution in [-0.4, -0.2) is 65.6 Å². The Bertz CT molecular complexity index is 465. The van der Waals surface area contributed by atoms with Gasteiger partial charge >= 0.3 is 0 Å². The van der Waals surface area contributed by atoms with Gasteiger partial charge in [-0.3, -0.25) is 9.69 Å². The summed E-state index contributed by atoms with van der Waals surface area (Å²) in [6.45, 7) is 4.29. The largest absolute Gasteiger partial charge is 0.339 e. The fraction of sp³-hybridized carbons (Fsp3) is 0.769. The molecule has 1 amide bonds. The third-order valence-corrected chi connectivity index (χ3v) is 3.70. The van der Waals surface area contributed by atoms with Crippen molar-refractivity contribution in [1.29, 1.82) is 0 Å². The van der Waals surface area contributed by atoms with Crippen LogP contribution in [0.5, 0.6) is 0 Å². The van der Waals surface area contributed by atoms with Crippen LogP contribution in [0.1, 0.15) is 30.5 Å². The Hall–Kier alpha value is -1.47. The van der Waals surface area contributed by atoms with E-state index >= 15 is 0 Å². The lowest BCUT2D eigenvalue weighted by atomic mass is 10.3. The summed E-state index contributed by atoms with van der Waals surface area (Å²) in [5, 5.41) is 7.22. The lowest BCUT2D eigenvalue weighted by Crippen LogP contribution is -2.49. The van der Waals surface area contributed by atoms with Crippen LogP contribution in [0.4, 0.5) is 0 Å². The Labute approximate surface area is 118 Å². The van der Waals surface area contributed by atoms with Crippen molar-refractivity contribution in [3.05, 3.63) is 11.7 Å². The Morgan fingerprint density at radius 3 is 2.90 bits per heavy atom. The van der Waals surface area contributed by atoms with E-state index in [0.717, 1.165) is 44.9 Å². The number of aromatic nitrogens is 2. The zero-order chi connectivity index (χ0) is 13.9. The number of nitrogens with zero attached hydrogens (tertiary/aromatic N) is 4. The van der Waals surface area contributed by atoms with E-state index in [4.69, 9.17) is 4.52 Å². The van der Waals surface area contributed by atoms with Crippen LogP contribution >= 0.6 is 0 Å². The molecule has 2 fully saturated rings. The molecule has 1 aliphatic heterocycles. The van der Waals surface area contributed by atoms with Gasteiger partial charge < -0.3 is 14.7 Å². The minimum absolute atomic E-state index is 0.167. The number of nitrogens with one attached hydrogen (secondary N) is 1. The normalized spacial score (nSPS) is 19.6. The van der Waals surface area contributed by atoms with Crippen molar-refractivity contribution in [1.82, 2.24) is 25.3 Å². The average molecular weight is 279 g/mol. The van der Waals surface area contributed by atoms with Gasteiger partial charge in [-0.1, -0.05) is 5.16 Å². The van der Waals surface area contributed by atoms with Gasteiger partial charge in [0.1, 0.15) is 0 Å². The zero-order valence-corrected chi connectivity index (χ0v) is 11.8. The lowest BCUT2D eigenvalue weighted by molar-refractivity contribution is -0.132. The molecule has 1 aromatic rings. The minimum atomic E-state index is 0.167. The summed E-state index contributed by atoms with van der Waals surface area (Å²) >= 11 is 0. The molecule has 1 N–H and O–H groups in total. The van der Waals surface area contributed by atoms with Gasteiger partial charge in [0.15, 0.2) is 5.82 Å². The van der Waals surface area contributed by atoms with Crippen molar-refractivity contribution < 1.29 is 9.32 Å². The second-order valence-electron chi connectivity index (χ2n) is 5.63. The van der Waals surface area contributed by atoms with Crippen molar-refractivity contribution in [3.8, 4) is 0 Å². The molecule has 7 heteroatoms. The van der Waals surface area contributed by atoms with E-state index in [1.165, 1.54) is 0 Å². The highest BCUT2D eigenvalue weighted by Gasteiger charge is 2.29. The van der Waals surface area contributed by atoms with Crippen molar-refractivity contribution >= 4 is 5.91 Å². The molecule has 0 aromatic carbocycles. The summed E-state index contributed by atoms with van der Waals surface area (Å²) in [6.07, 6.45) is 2.30. The minimum Gasteiger partial charge on any atom is -0.339 e. The number of amides is 1. The summed E-state index contributed by atoms with van der Waals surface area (Å²) in [5.41, 5.74) is 0. The first-order chi connectivity index (χ1) is 9.72. The molecule has 7 nitrogen and oxygen atoms in total. The van der Waals surface area contributed by atoms with E-state index in [0.29, 0.717) is 24.8 Å². The van der Waals surface area contributed by atoms with Gasteiger partial charge in [-0.25, -0.2) is 0 Å². The lowest BCUT2D eigenvalue weighted by Gasteiger charge is -2.29. The third kappa shape index (κ3) is 3.34. The molecule has 3 rings (SSSR count). The van der Waals surface area contributed by atoms with Crippen molar-refractivity contribution in [2.24, 2.45) is 0 Å². The van der Waals surface area contributed by atoms with Crippen molar-refractivity contribution in [2.45, 2.75) is 25.3 Å². The molecule has 0 bridgehead atoms. The predicted octanol–water partition coefficient (Wildman–Crippen LogP) is -0.189. The van der Waals surface area contributed by atoms with Crippen LogP contribution in [0.15, 0.2) is 4.52 Å². The van der Waals surface area contributed by atoms with Crippen LogP contribution < -0.4 is 5.32 Å². The average Bonchev–Trinajstić information content (AvgIpc) is 3.20. The Morgan fingerprint density at radius 1 is 1.45 bits per heavy atom. The molecule has 0 spiro atoms. The number of rotatable bonds is 5. The molecule has 1 aromatic heterocycles. The van der Waals surface area contributed by atoms with Gasteiger partial charge in [0, 0.05) is 32.1 Å². The summed E-state index contributed by atoms with van der Waals surface area (Å²) < 4.78 is 5.22. The molecular formula is C13H21N5O2. The van der Waals surface area contributed by atoms with Crippen LogP contribution in [0.2, 0.25) is 0 Å².